The van der Waals surface area contributed by atoms with E-state index in [2.05, 4.69) is 15.0 Å². The number of hydrogen-bond acceptors (Lipinski definition) is 6. The fourth-order valence-electron chi connectivity index (χ4n) is 3.46. The molecule has 2 aromatic carbocycles. The third-order valence-corrected chi connectivity index (χ3v) is 5.93. The molecule has 3 heterocycles. The fraction of sp³-hybridized carbons (Fsp3) is 0.190. The number of carbonyl (C=O) groups excluding carboxylic acids is 1. The Morgan fingerprint density at radius 3 is 2.97 bits per heavy atom. The minimum atomic E-state index is -0.195. The number of nitrogens with zero attached hydrogens (tertiary/aromatic N) is 3. The number of ether oxygens (including phenoxy) is 1. The minimum absolute atomic E-state index is 0.0555. The quantitative estimate of drug-likeness (QED) is 0.529. The van der Waals surface area contributed by atoms with Gasteiger partial charge in [-0.05, 0) is 31.2 Å². The Kier molecular flexibility index (Phi) is 4.21. The summed E-state index contributed by atoms with van der Waals surface area (Å²) in [5, 5.41) is 11.4. The molecule has 0 saturated heterocycles. The number of para-hydroxylation sites is 1. The number of imidazole rings is 1. The molecular weight excluding hydrogens is 388 g/mol. The number of nitrogens with one attached hydrogen (secondary N) is 1. The number of aromatic amines is 1. The standard InChI is InChI=1S/C21H18N4O3S/c1-12-10-22-19(23-12)21(27)25-6-7-28-18-14(11-25)8-13(9-16(18)26)20-24-15-4-2-3-5-17(15)29-20/h2-5,8-10,26H,6-7,11H2,1H3,(H,22,23). The Labute approximate surface area is 170 Å². The molecule has 1 aliphatic heterocycles. The highest BCUT2D eigenvalue weighted by atomic mass is 32.1. The minimum Gasteiger partial charge on any atom is -0.504 e. The Morgan fingerprint density at radius 2 is 2.17 bits per heavy atom. The van der Waals surface area contributed by atoms with Crippen molar-refractivity contribution < 1.29 is 14.6 Å². The van der Waals surface area contributed by atoms with Gasteiger partial charge in [-0.1, -0.05) is 12.1 Å². The van der Waals surface area contributed by atoms with Crippen LogP contribution in [0.1, 0.15) is 21.9 Å². The van der Waals surface area contributed by atoms with E-state index in [-0.39, 0.29) is 11.7 Å². The first-order chi connectivity index (χ1) is 14.1. The van der Waals surface area contributed by atoms with Gasteiger partial charge < -0.3 is 19.7 Å². The van der Waals surface area contributed by atoms with Crippen LogP contribution in [0.15, 0.2) is 42.6 Å². The first-order valence-corrected chi connectivity index (χ1v) is 10.1. The van der Waals surface area contributed by atoms with Gasteiger partial charge in [-0.2, -0.15) is 0 Å². The predicted octanol–water partition coefficient (Wildman–Crippen LogP) is 3.74. The first-order valence-electron chi connectivity index (χ1n) is 9.24. The summed E-state index contributed by atoms with van der Waals surface area (Å²) in [6.45, 7) is 2.88. The summed E-state index contributed by atoms with van der Waals surface area (Å²) in [5.74, 6) is 0.581. The van der Waals surface area contributed by atoms with Gasteiger partial charge in [-0.25, -0.2) is 9.97 Å². The van der Waals surface area contributed by atoms with Gasteiger partial charge in [-0.3, -0.25) is 4.79 Å². The van der Waals surface area contributed by atoms with Crippen molar-refractivity contribution in [1.29, 1.82) is 0 Å². The summed E-state index contributed by atoms with van der Waals surface area (Å²) >= 11 is 1.56. The summed E-state index contributed by atoms with van der Waals surface area (Å²) in [5.41, 5.74) is 3.29. The van der Waals surface area contributed by atoms with Crippen LogP contribution in [0, 0.1) is 6.92 Å². The number of amides is 1. The van der Waals surface area contributed by atoms with Crippen molar-refractivity contribution in [2.75, 3.05) is 13.2 Å². The molecule has 5 rings (SSSR count). The summed E-state index contributed by atoms with van der Waals surface area (Å²) in [4.78, 5) is 26.3. The Bertz CT molecular complexity index is 1200. The lowest BCUT2D eigenvalue weighted by Crippen LogP contribution is -2.33. The molecule has 0 aliphatic carbocycles. The van der Waals surface area contributed by atoms with Crippen LogP contribution in [0.4, 0.5) is 0 Å². The third-order valence-electron chi connectivity index (χ3n) is 4.85. The number of aromatic hydroxyl groups is 1. The molecule has 0 unspecified atom stereocenters. The zero-order valence-corrected chi connectivity index (χ0v) is 16.5. The highest BCUT2D eigenvalue weighted by Crippen LogP contribution is 2.39. The second kappa shape index (κ2) is 6.89. The van der Waals surface area contributed by atoms with Gasteiger partial charge in [0.1, 0.15) is 11.6 Å². The van der Waals surface area contributed by atoms with E-state index < -0.39 is 0 Å². The third kappa shape index (κ3) is 3.21. The number of fused-ring (bicyclic) bond motifs is 2. The number of aryl methyl sites for hydroxylation is 1. The van der Waals surface area contributed by atoms with Crippen molar-refractivity contribution in [3.8, 4) is 22.1 Å². The van der Waals surface area contributed by atoms with Gasteiger partial charge in [0.15, 0.2) is 17.3 Å². The lowest BCUT2D eigenvalue weighted by molar-refractivity contribution is 0.0722. The first kappa shape index (κ1) is 17.7. The Hall–Kier alpha value is -3.39. The van der Waals surface area contributed by atoms with Gasteiger partial charge in [-0.15, -0.1) is 11.3 Å². The smallest absolute Gasteiger partial charge is 0.290 e. The number of phenols is 1. The summed E-state index contributed by atoms with van der Waals surface area (Å²) in [7, 11) is 0. The topological polar surface area (TPSA) is 91.3 Å². The van der Waals surface area contributed by atoms with E-state index >= 15 is 0 Å². The highest BCUT2D eigenvalue weighted by Gasteiger charge is 2.25. The number of rotatable bonds is 2. The van der Waals surface area contributed by atoms with Crippen LogP contribution < -0.4 is 4.74 Å². The van der Waals surface area contributed by atoms with Crippen molar-refractivity contribution in [1.82, 2.24) is 19.9 Å². The van der Waals surface area contributed by atoms with Crippen molar-refractivity contribution in [3.05, 3.63) is 59.7 Å². The van der Waals surface area contributed by atoms with Crippen LogP contribution in [0.3, 0.4) is 0 Å². The van der Waals surface area contributed by atoms with Crippen LogP contribution >= 0.6 is 11.3 Å². The molecule has 0 saturated carbocycles. The fourth-order valence-corrected chi connectivity index (χ4v) is 4.42. The van der Waals surface area contributed by atoms with E-state index in [0.29, 0.717) is 31.3 Å². The van der Waals surface area contributed by atoms with E-state index in [1.807, 2.05) is 37.3 Å². The van der Waals surface area contributed by atoms with Gasteiger partial charge >= 0.3 is 0 Å². The van der Waals surface area contributed by atoms with Crippen LogP contribution in [0.2, 0.25) is 0 Å². The average molecular weight is 406 g/mol. The summed E-state index contributed by atoms with van der Waals surface area (Å²) in [6, 6.07) is 11.5. The van der Waals surface area contributed by atoms with Crippen LogP contribution in [-0.2, 0) is 6.54 Å². The number of benzene rings is 2. The monoisotopic (exact) mass is 406 g/mol. The molecular formula is C21H18N4O3S. The molecule has 8 heteroatoms. The average Bonchev–Trinajstić information content (AvgIpc) is 3.28. The SMILES string of the molecule is Cc1cnc(C(=O)N2CCOc3c(O)cc(-c4nc5ccccc5s4)cc3C2)[nH]1. The largest absolute Gasteiger partial charge is 0.504 e. The number of thiazole rings is 1. The maximum absolute atomic E-state index is 12.8. The normalized spacial score (nSPS) is 13.8. The second-order valence-corrected chi connectivity index (χ2v) is 7.99. The van der Waals surface area contributed by atoms with Crippen LogP contribution in [-0.4, -0.2) is 44.0 Å². The molecule has 146 valence electrons. The van der Waals surface area contributed by atoms with Crippen LogP contribution in [0.5, 0.6) is 11.5 Å². The van der Waals surface area contributed by atoms with Gasteiger partial charge in [0.25, 0.3) is 5.91 Å². The maximum Gasteiger partial charge on any atom is 0.290 e. The highest BCUT2D eigenvalue weighted by molar-refractivity contribution is 7.21. The molecule has 29 heavy (non-hydrogen) atoms. The van der Waals surface area contributed by atoms with Crippen molar-refractivity contribution in [3.63, 3.8) is 0 Å². The molecule has 7 nitrogen and oxygen atoms in total. The van der Waals surface area contributed by atoms with Gasteiger partial charge in [0, 0.05) is 23.0 Å². The van der Waals surface area contributed by atoms with E-state index in [0.717, 1.165) is 32.0 Å². The zero-order chi connectivity index (χ0) is 20.0. The number of hydrogen-bond donors (Lipinski definition) is 2. The van der Waals surface area contributed by atoms with E-state index in [4.69, 9.17) is 4.74 Å². The molecule has 0 radical (unpaired) electrons. The number of carbonyl (C=O) groups is 1. The molecule has 0 atom stereocenters. The van der Waals surface area contributed by atoms with Gasteiger partial charge in [0.2, 0.25) is 0 Å². The summed E-state index contributed by atoms with van der Waals surface area (Å²) in [6.07, 6.45) is 1.63. The number of aromatic nitrogens is 3. The van der Waals surface area contributed by atoms with E-state index in [1.54, 1.807) is 28.5 Å². The van der Waals surface area contributed by atoms with Crippen LogP contribution in [0.25, 0.3) is 20.8 Å². The molecule has 0 bridgehead atoms. The lowest BCUT2D eigenvalue weighted by atomic mass is 10.1. The molecule has 0 spiro atoms. The zero-order valence-electron chi connectivity index (χ0n) is 15.7. The molecule has 2 N–H and O–H groups in total. The Balaban J connectivity index is 1.52. The Morgan fingerprint density at radius 1 is 1.31 bits per heavy atom. The predicted molar refractivity (Wildman–Crippen MR) is 110 cm³/mol. The molecule has 4 aromatic rings. The molecule has 1 amide bonds. The van der Waals surface area contributed by atoms with E-state index in [1.165, 1.54) is 0 Å². The molecule has 1 aliphatic rings. The maximum atomic E-state index is 12.8. The van der Waals surface area contributed by atoms with E-state index in [9.17, 15) is 9.90 Å². The van der Waals surface area contributed by atoms with Crippen molar-refractivity contribution in [2.24, 2.45) is 0 Å². The molecule has 2 aromatic heterocycles. The molecule has 0 fully saturated rings. The van der Waals surface area contributed by atoms with Gasteiger partial charge in [0.05, 0.1) is 23.3 Å². The van der Waals surface area contributed by atoms with Crippen molar-refractivity contribution in [2.45, 2.75) is 13.5 Å². The number of phenolic OH excluding ortho intramolecular Hbond substituents is 1. The number of H-pyrrole nitrogens is 1. The second-order valence-electron chi connectivity index (χ2n) is 6.96. The summed E-state index contributed by atoms with van der Waals surface area (Å²) < 4.78 is 6.84. The van der Waals surface area contributed by atoms with Crippen molar-refractivity contribution >= 4 is 27.5 Å². The lowest BCUT2D eigenvalue weighted by Gasteiger charge is -2.18.